The van der Waals surface area contributed by atoms with E-state index in [4.69, 9.17) is 4.74 Å². The molecule has 0 aliphatic heterocycles. The van der Waals surface area contributed by atoms with Gasteiger partial charge in [-0.25, -0.2) is 14.8 Å². The van der Waals surface area contributed by atoms with E-state index in [0.29, 0.717) is 0 Å². The van der Waals surface area contributed by atoms with Gasteiger partial charge in [0.25, 0.3) is 0 Å². The smallest absolute Gasteiger partial charge is 0.341 e. The van der Waals surface area contributed by atoms with Gasteiger partial charge >= 0.3 is 16.0 Å². The van der Waals surface area contributed by atoms with E-state index < -0.39 is 15.8 Å². The molecule has 0 atom stereocenters. The number of carbonyl (C=O) groups is 1. The van der Waals surface area contributed by atoms with Gasteiger partial charge in [-0.2, -0.15) is 0 Å². The molecule has 0 fully saturated rings. The highest BCUT2D eigenvalue weighted by molar-refractivity contribution is 7.14. The summed E-state index contributed by atoms with van der Waals surface area (Å²) < 4.78 is 4.76. The van der Waals surface area contributed by atoms with E-state index in [2.05, 4.69) is 9.97 Å². The molecule has 3 heterocycles. The van der Waals surface area contributed by atoms with E-state index in [1.807, 2.05) is 0 Å². The number of ether oxygens (including phenoxy) is 1. The number of hydrogen-bond donors (Lipinski definition) is 0. The summed E-state index contributed by atoms with van der Waals surface area (Å²) in [5, 5.41) is 25.2. The van der Waals surface area contributed by atoms with Crippen LogP contribution in [0.1, 0.15) is 16.1 Å². The number of esters is 1. The zero-order valence-corrected chi connectivity index (χ0v) is 15.5. The lowest BCUT2D eigenvalue weighted by molar-refractivity contribution is -0.379. The highest BCUT2D eigenvalue weighted by Crippen LogP contribution is 2.39. The van der Waals surface area contributed by atoms with Gasteiger partial charge < -0.3 is 4.74 Å². The summed E-state index contributed by atoms with van der Waals surface area (Å²) >= 11 is 1.79. The number of aryl methyl sites for hydroxylation is 1. The van der Waals surface area contributed by atoms with Gasteiger partial charge in [-0.05, 0) is 29.8 Å². The van der Waals surface area contributed by atoms with Crippen LogP contribution in [0.2, 0.25) is 0 Å². The van der Waals surface area contributed by atoms with Crippen LogP contribution < -0.4 is 0 Å². The Labute approximate surface area is 159 Å². The maximum Gasteiger partial charge on any atom is 0.341 e. The Balaban J connectivity index is 2.32. The molecule has 0 amide bonds. The van der Waals surface area contributed by atoms with Gasteiger partial charge in [0.2, 0.25) is 0 Å². The second-order valence-electron chi connectivity index (χ2n) is 5.14. The topological polar surface area (TPSA) is 138 Å². The van der Waals surface area contributed by atoms with Crippen molar-refractivity contribution in [3.05, 3.63) is 54.4 Å². The molecule has 3 aromatic rings. The van der Waals surface area contributed by atoms with Gasteiger partial charge in [-0.15, -0.1) is 0 Å². The molecule has 0 radical (unpaired) electrons. The molecule has 0 aliphatic rings. The Hall–Kier alpha value is -3.25. The summed E-state index contributed by atoms with van der Waals surface area (Å²) in [6.45, 7) is 1.51. The van der Waals surface area contributed by atoms with E-state index >= 15 is 0 Å². The Morgan fingerprint density at radius 2 is 1.59 bits per heavy atom. The molecular weight excluding hydrogens is 396 g/mol. The van der Waals surface area contributed by atoms with Gasteiger partial charge in [-0.3, -0.25) is 20.2 Å². The molecule has 0 spiro atoms. The van der Waals surface area contributed by atoms with E-state index in [1.54, 1.807) is 0 Å². The lowest BCUT2D eigenvalue weighted by Gasteiger charge is -2.10. The third-order valence-electron chi connectivity index (χ3n) is 3.60. The van der Waals surface area contributed by atoms with Gasteiger partial charge in [0.05, 0.1) is 33.9 Å². The van der Waals surface area contributed by atoms with Gasteiger partial charge in [0, 0.05) is 0 Å². The number of aromatic nitrogens is 2. The van der Waals surface area contributed by atoms with E-state index in [1.165, 1.54) is 36.9 Å². The second-order valence-corrected chi connectivity index (χ2v) is 6.93. The summed E-state index contributed by atoms with van der Waals surface area (Å²) in [6, 6.07) is 2.95. The zero-order chi connectivity index (χ0) is 19.7. The van der Waals surface area contributed by atoms with Crippen LogP contribution in [0.15, 0.2) is 22.9 Å². The fraction of sp³-hybridized carbons (Fsp3) is 0.133. The monoisotopic (exact) mass is 406 g/mol. The predicted molar refractivity (Wildman–Crippen MR) is 98.0 cm³/mol. The lowest BCUT2D eigenvalue weighted by atomic mass is 10.1. The quantitative estimate of drug-likeness (QED) is 0.354. The average Bonchev–Trinajstić information content (AvgIpc) is 3.29. The highest BCUT2D eigenvalue weighted by Gasteiger charge is 2.29. The minimum Gasteiger partial charge on any atom is -0.465 e. The first-order valence-corrected chi connectivity index (χ1v) is 9.02. The van der Waals surface area contributed by atoms with E-state index in [9.17, 15) is 25.0 Å². The second kappa shape index (κ2) is 7.17. The minimum atomic E-state index is -0.755. The predicted octanol–water partition coefficient (Wildman–Crippen LogP) is 3.85. The Morgan fingerprint density at radius 1 is 1.04 bits per heavy atom. The Kier molecular flexibility index (Phi) is 4.92. The van der Waals surface area contributed by atoms with Gasteiger partial charge in [0.1, 0.15) is 11.1 Å². The van der Waals surface area contributed by atoms with Crippen LogP contribution in [0.4, 0.5) is 10.0 Å². The number of hydrogen-bond acceptors (Lipinski definition) is 10. The molecular formula is C15H10N4O6S2. The first kappa shape index (κ1) is 18.5. The van der Waals surface area contributed by atoms with Crippen LogP contribution >= 0.6 is 22.7 Å². The van der Waals surface area contributed by atoms with Crippen molar-refractivity contribution in [2.75, 3.05) is 7.11 Å². The molecule has 12 heteroatoms. The molecule has 0 unspecified atom stereocenters. The van der Waals surface area contributed by atoms with Crippen molar-refractivity contribution in [2.24, 2.45) is 0 Å². The summed E-state index contributed by atoms with van der Waals surface area (Å²) in [5.74, 6) is -0.752. The van der Waals surface area contributed by atoms with Crippen LogP contribution in [0.25, 0.3) is 22.6 Å². The normalized spacial score (nSPS) is 10.6. The molecule has 3 rings (SSSR count). The molecule has 138 valence electrons. The first-order valence-electron chi connectivity index (χ1n) is 7.26. The minimum absolute atomic E-state index is 0.00204. The Bertz CT molecular complexity index is 1070. The molecule has 0 saturated heterocycles. The number of carbonyl (C=O) groups excluding carboxylic acids is 1. The lowest BCUT2D eigenvalue weighted by Crippen LogP contribution is -2.11. The molecule has 0 aromatic carbocycles. The molecule has 10 nitrogen and oxygen atoms in total. The number of methoxy groups -OCH3 is 1. The molecule has 0 N–H and O–H groups in total. The van der Waals surface area contributed by atoms with Crippen molar-refractivity contribution < 1.29 is 19.4 Å². The van der Waals surface area contributed by atoms with Crippen LogP contribution in [0, 0.1) is 27.2 Å². The fourth-order valence-corrected chi connectivity index (χ4v) is 3.89. The van der Waals surface area contributed by atoms with Crippen LogP contribution in [0.3, 0.4) is 0 Å². The van der Waals surface area contributed by atoms with Gasteiger partial charge in [-0.1, -0.05) is 22.7 Å². The fourth-order valence-electron chi connectivity index (χ4n) is 2.47. The standard InChI is InChI=1S/C15H10N4O6S2/c1-7-10(15(20)25-2)11(8-3-5-26-13(8)18(21)22)17-12(16-7)9-4-6-27-14(9)19(23)24/h3-6H,1-2H3. The van der Waals surface area contributed by atoms with Crippen LogP contribution in [-0.4, -0.2) is 32.9 Å². The van der Waals surface area contributed by atoms with Crippen molar-refractivity contribution in [3.63, 3.8) is 0 Å². The number of nitrogens with zero attached hydrogens (tertiary/aromatic N) is 4. The maximum atomic E-state index is 12.2. The number of thiophene rings is 2. The van der Waals surface area contributed by atoms with E-state index in [-0.39, 0.29) is 43.9 Å². The maximum absolute atomic E-state index is 12.2. The van der Waals surface area contributed by atoms with Crippen molar-refractivity contribution in [1.82, 2.24) is 9.97 Å². The average molecular weight is 406 g/mol. The Morgan fingerprint density at radius 3 is 2.15 bits per heavy atom. The molecule has 0 aliphatic carbocycles. The summed E-state index contributed by atoms with van der Waals surface area (Å²) in [6.07, 6.45) is 0. The van der Waals surface area contributed by atoms with Crippen molar-refractivity contribution in [1.29, 1.82) is 0 Å². The van der Waals surface area contributed by atoms with Crippen molar-refractivity contribution in [3.8, 4) is 22.6 Å². The third kappa shape index (κ3) is 3.27. The third-order valence-corrected chi connectivity index (χ3v) is 5.33. The largest absolute Gasteiger partial charge is 0.465 e. The molecule has 0 saturated carbocycles. The highest BCUT2D eigenvalue weighted by atomic mass is 32.1. The van der Waals surface area contributed by atoms with Crippen LogP contribution in [-0.2, 0) is 4.74 Å². The van der Waals surface area contributed by atoms with Crippen molar-refractivity contribution >= 4 is 38.6 Å². The molecule has 0 bridgehead atoms. The first-order chi connectivity index (χ1) is 12.8. The van der Waals surface area contributed by atoms with Crippen LogP contribution in [0.5, 0.6) is 0 Å². The van der Waals surface area contributed by atoms with Crippen molar-refractivity contribution in [2.45, 2.75) is 6.92 Å². The van der Waals surface area contributed by atoms with Gasteiger partial charge in [0.15, 0.2) is 5.82 Å². The summed E-state index contributed by atoms with van der Waals surface area (Å²) in [5.41, 5.74) is 0.458. The van der Waals surface area contributed by atoms with E-state index in [0.717, 1.165) is 22.7 Å². The zero-order valence-electron chi connectivity index (χ0n) is 13.9. The SMILES string of the molecule is COC(=O)c1c(C)nc(-c2ccsc2[N+](=O)[O-])nc1-c1ccsc1[N+](=O)[O-]. The number of rotatable bonds is 5. The number of nitro groups is 2. The molecule has 27 heavy (non-hydrogen) atoms. The summed E-state index contributed by atoms with van der Waals surface area (Å²) in [7, 11) is 1.17. The molecule has 3 aromatic heterocycles. The summed E-state index contributed by atoms with van der Waals surface area (Å²) in [4.78, 5) is 42.1.